The molecular formula is C22H23ClF3NO3. The molecule has 0 radical (unpaired) electrons. The molecule has 30 heavy (non-hydrogen) atoms. The zero-order valence-corrected chi connectivity index (χ0v) is 17.4. The molecular weight excluding hydrogens is 419 g/mol. The molecule has 162 valence electrons. The minimum atomic E-state index is -4.53. The van der Waals surface area contributed by atoms with E-state index in [1.165, 1.54) is 19.3 Å². The summed E-state index contributed by atoms with van der Waals surface area (Å²) in [6.45, 7) is 2.69. The predicted octanol–water partition coefficient (Wildman–Crippen LogP) is 6.59. The summed E-state index contributed by atoms with van der Waals surface area (Å²) >= 11 is 5.89. The lowest BCUT2D eigenvalue weighted by atomic mass is 10.1. The molecule has 0 heterocycles. The van der Waals surface area contributed by atoms with Crippen LogP contribution in [-0.4, -0.2) is 19.6 Å². The van der Waals surface area contributed by atoms with Crippen molar-refractivity contribution in [3.63, 3.8) is 0 Å². The van der Waals surface area contributed by atoms with Crippen LogP contribution in [0.4, 0.5) is 18.9 Å². The lowest BCUT2D eigenvalue weighted by Crippen LogP contribution is -2.11. The molecule has 2 rings (SSSR count). The molecule has 1 amide bonds. The number of anilines is 1. The topological polar surface area (TPSA) is 47.6 Å². The zero-order chi connectivity index (χ0) is 22.1. The molecule has 0 fully saturated rings. The van der Waals surface area contributed by atoms with Crippen molar-refractivity contribution in [2.45, 2.75) is 32.4 Å². The predicted molar refractivity (Wildman–Crippen MR) is 112 cm³/mol. The maximum atomic E-state index is 12.8. The van der Waals surface area contributed by atoms with Crippen LogP contribution in [0.2, 0.25) is 5.02 Å². The number of benzene rings is 2. The van der Waals surface area contributed by atoms with E-state index in [0.29, 0.717) is 23.7 Å². The lowest BCUT2D eigenvalue weighted by Gasteiger charge is -2.11. The molecule has 0 aliphatic rings. The van der Waals surface area contributed by atoms with Crippen LogP contribution in [0.1, 0.15) is 37.3 Å². The monoisotopic (exact) mass is 441 g/mol. The van der Waals surface area contributed by atoms with Gasteiger partial charge in [-0.25, -0.2) is 0 Å². The number of nitrogens with one attached hydrogen (secondary N) is 1. The van der Waals surface area contributed by atoms with Gasteiger partial charge in [0.05, 0.1) is 30.0 Å². The Kier molecular flexibility index (Phi) is 8.59. The van der Waals surface area contributed by atoms with Gasteiger partial charge < -0.3 is 14.8 Å². The summed E-state index contributed by atoms with van der Waals surface area (Å²) < 4.78 is 49.5. The van der Waals surface area contributed by atoms with Gasteiger partial charge in [0.25, 0.3) is 0 Å². The van der Waals surface area contributed by atoms with E-state index < -0.39 is 17.6 Å². The van der Waals surface area contributed by atoms with Crippen LogP contribution in [0.5, 0.6) is 11.5 Å². The van der Waals surface area contributed by atoms with Gasteiger partial charge in [-0.3, -0.25) is 4.79 Å². The second-order valence-electron chi connectivity index (χ2n) is 6.48. The number of hydrogen-bond donors (Lipinski definition) is 1. The normalized spacial score (nSPS) is 11.5. The first kappa shape index (κ1) is 23.6. The van der Waals surface area contributed by atoms with Crippen molar-refractivity contribution in [1.29, 1.82) is 0 Å². The number of rotatable bonds is 9. The van der Waals surface area contributed by atoms with Crippen molar-refractivity contribution in [3.8, 4) is 11.5 Å². The van der Waals surface area contributed by atoms with Crippen LogP contribution in [0.3, 0.4) is 0 Å². The molecule has 0 spiro atoms. The Bertz CT molecular complexity index is 898. The summed E-state index contributed by atoms with van der Waals surface area (Å²) in [5.41, 5.74) is -0.349. The number of alkyl halides is 3. The van der Waals surface area contributed by atoms with E-state index in [1.807, 2.05) is 0 Å². The fourth-order valence-corrected chi connectivity index (χ4v) is 2.75. The molecule has 0 saturated heterocycles. The molecule has 4 nitrogen and oxygen atoms in total. The average molecular weight is 442 g/mol. The maximum Gasteiger partial charge on any atom is 0.416 e. The third kappa shape index (κ3) is 6.99. The van der Waals surface area contributed by atoms with Crippen molar-refractivity contribution in [2.75, 3.05) is 19.0 Å². The number of hydrogen-bond acceptors (Lipinski definition) is 3. The van der Waals surface area contributed by atoms with Crippen molar-refractivity contribution in [3.05, 3.63) is 58.6 Å². The van der Waals surface area contributed by atoms with Crippen LogP contribution in [0.25, 0.3) is 6.08 Å². The number of ether oxygens (including phenoxy) is 2. The minimum absolute atomic E-state index is 0.0102. The highest BCUT2D eigenvalue weighted by atomic mass is 35.5. The molecule has 0 aliphatic carbocycles. The van der Waals surface area contributed by atoms with Gasteiger partial charge in [0.2, 0.25) is 5.91 Å². The van der Waals surface area contributed by atoms with Gasteiger partial charge in [0, 0.05) is 6.08 Å². The molecule has 0 bridgehead atoms. The average Bonchev–Trinajstić information content (AvgIpc) is 2.71. The summed E-state index contributed by atoms with van der Waals surface area (Å²) in [5, 5.41) is 2.37. The van der Waals surface area contributed by atoms with E-state index in [1.54, 1.807) is 18.2 Å². The SMILES string of the molecule is CCCCCOc1ccc(/C=C/C(=O)Nc2cc(C(F)(F)F)ccc2Cl)cc1OC. The Morgan fingerprint density at radius 3 is 2.57 bits per heavy atom. The highest BCUT2D eigenvalue weighted by molar-refractivity contribution is 6.33. The van der Waals surface area contributed by atoms with Crippen molar-refractivity contribution in [2.24, 2.45) is 0 Å². The molecule has 0 atom stereocenters. The molecule has 2 aromatic carbocycles. The minimum Gasteiger partial charge on any atom is -0.493 e. The number of carbonyl (C=O) groups excluding carboxylic acids is 1. The Morgan fingerprint density at radius 2 is 1.90 bits per heavy atom. The van der Waals surface area contributed by atoms with E-state index in [4.69, 9.17) is 21.1 Å². The van der Waals surface area contributed by atoms with Gasteiger partial charge in [-0.2, -0.15) is 13.2 Å². The standard InChI is InChI=1S/C22H23ClF3NO3/c1-3-4-5-12-30-19-10-6-15(13-20(19)29-2)7-11-21(28)27-18-14-16(22(24,25)26)8-9-17(18)23/h6-11,13-14H,3-5,12H2,1-2H3,(H,27,28)/b11-7+. The van der Waals surface area contributed by atoms with Crippen molar-refractivity contribution >= 4 is 29.3 Å². The smallest absolute Gasteiger partial charge is 0.416 e. The summed E-state index contributed by atoms with van der Waals surface area (Å²) in [4.78, 5) is 12.1. The summed E-state index contributed by atoms with van der Waals surface area (Å²) in [7, 11) is 1.52. The molecule has 0 saturated carbocycles. The highest BCUT2D eigenvalue weighted by Crippen LogP contribution is 2.34. The van der Waals surface area contributed by atoms with Crippen LogP contribution in [0.15, 0.2) is 42.5 Å². The second kappa shape index (κ2) is 10.9. The number of unbranched alkanes of at least 4 members (excludes halogenated alkanes) is 2. The van der Waals surface area contributed by atoms with Gasteiger partial charge in [-0.1, -0.05) is 37.4 Å². The maximum absolute atomic E-state index is 12.8. The van der Waals surface area contributed by atoms with Crippen LogP contribution in [0, 0.1) is 0 Å². The summed E-state index contributed by atoms with van der Waals surface area (Å²) in [6, 6.07) is 7.93. The Labute approximate surface area is 178 Å². The number of amides is 1. The van der Waals surface area contributed by atoms with Gasteiger partial charge >= 0.3 is 6.18 Å². The molecule has 0 unspecified atom stereocenters. The Morgan fingerprint density at radius 1 is 1.13 bits per heavy atom. The quantitative estimate of drug-likeness (QED) is 0.353. The summed E-state index contributed by atoms with van der Waals surface area (Å²) in [6.07, 6.45) is 1.30. The van der Waals surface area contributed by atoms with Gasteiger partial charge in [-0.15, -0.1) is 0 Å². The van der Waals surface area contributed by atoms with Crippen LogP contribution < -0.4 is 14.8 Å². The molecule has 8 heteroatoms. The van der Waals surface area contributed by atoms with E-state index in [2.05, 4.69) is 12.2 Å². The molecule has 0 aliphatic heterocycles. The second-order valence-corrected chi connectivity index (χ2v) is 6.89. The highest BCUT2D eigenvalue weighted by Gasteiger charge is 2.31. The number of methoxy groups -OCH3 is 1. The van der Waals surface area contributed by atoms with Gasteiger partial charge in [0.1, 0.15) is 0 Å². The van der Waals surface area contributed by atoms with Gasteiger partial charge in [0.15, 0.2) is 11.5 Å². The first-order chi connectivity index (χ1) is 14.2. The first-order valence-corrected chi connectivity index (χ1v) is 9.79. The molecule has 0 aromatic heterocycles. The van der Waals surface area contributed by atoms with Crippen LogP contribution in [-0.2, 0) is 11.0 Å². The van der Waals surface area contributed by atoms with E-state index in [0.717, 1.165) is 37.5 Å². The fraction of sp³-hybridized carbons (Fsp3) is 0.318. The lowest BCUT2D eigenvalue weighted by molar-refractivity contribution is -0.137. The van der Waals surface area contributed by atoms with Crippen molar-refractivity contribution < 1.29 is 27.4 Å². The number of halogens is 4. The summed E-state index contributed by atoms with van der Waals surface area (Å²) in [5.74, 6) is 0.510. The van der Waals surface area contributed by atoms with E-state index in [9.17, 15) is 18.0 Å². The Balaban J connectivity index is 2.06. The first-order valence-electron chi connectivity index (χ1n) is 9.41. The van der Waals surface area contributed by atoms with Gasteiger partial charge in [-0.05, 0) is 48.4 Å². The fourth-order valence-electron chi connectivity index (χ4n) is 2.58. The number of carbonyl (C=O) groups is 1. The third-order valence-electron chi connectivity index (χ3n) is 4.17. The van der Waals surface area contributed by atoms with Crippen LogP contribution >= 0.6 is 11.6 Å². The van der Waals surface area contributed by atoms with E-state index >= 15 is 0 Å². The zero-order valence-electron chi connectivity index (χ0n) is 16.7. The van der Waals surface area contributed by atoms with E-state index in [-0.39, 0.29) is 10.7 Å². The van der Waals surface area contributed by atoms with Crippen molar-refractivity contribution in [1.82, 2.24) is 0 Å². The third-order valence-corrected chi connectivity index (χ3v) is 4.50. The molecule has 2 aromatic rings. The largest absolute Gasteiger partial charge is 0.493 e. The molecule has 1 N–H and O–H groups in total. The Hall–Kier alpha value is -2.67.